The molecular weight excluding hydrogens is 376 g/mol. The fourth-order valence-electron chi connectivity index (χ4n) is 2.55. The summed E-state index contributed by atoms with van der Waals surface area (Å²) < 4.78 is 7.05. The van der Waals surface area contributed by atoms with Gasteiger partial charge in [0.25, 0.3) is 5.91 Å². The fourth-order valence-corrected chi connectivity index (χ4v) is 3.26. The number of imide groups is 1. The summed E-state index contributed by atoms with van der Waals surface area (Å²) in [6, 6.07) is 10.8. The monoisotopic (exact) mass is 398 g/mol. The Balaban J connectivity index is 1.57. The largest absolute Gasteiger partial charge is 0.461 e. The van der Waals surface area contributed by atoms with Crippen LogP contribution in [0.1, 0.15) is 36.7 Å². The molecule has 7 nitrogen and oxygen atoms in total. The SMILES string of the molecule is Cn1c(SCC(=O)NC(=O)c2ccc(C(C)(C)C)cc2)nnc1-c1ccco1. The van der Waals surface area contributed by atoms with Crippen molar-refractivity contribution in [2.75, 3.05) is 5.75 Å². The number of aromatic nitrogens is 3. The first kappa shape index (κ1) is 19.9. The zero-order valence-electron chi connectivity index (χ0n) is 16.2. The number of nitrogens with zero attached hydrogens (tertiary/aromatic N) is 3. The van der Waals surface area contributed by atoms with Crippen molar-refractivity contribution in [2.45, 2.75) is 31.3 Å². The second-order valence-corrected chi connectivity index (χ2v) is 8.28. The number of benzene rings is 1. The van der Waals surface area contributed by atoms with Crippen LogP contribution in [0.3, 0.4) is 0 Å². The Hall–Kier alpha value is -2.87. The van der Waals surface area contributed by atoms with Crippen LogP contribution in [-0.4, -0.2) is 32.3 Å². The van der Waals surface area contributed by atoms with Crippen molar-refractivity contribution in [1.82, 2.24) is 20.1 Å². The molecule has 3 rings (SSSR count). The van der Waals surface area contributed by atoms with Gasteiger partial charge in [-0.25, -0.2) is 0 Å². The summed E-state index contributed by atoms with van der Waals surface area (Å²) in [5.74, 6) is 0.413. The van der Waals surface area contributed by atoms with Gasteiger partial charge in [-0.15, -0.1) is 10.2 Å². The number of amides is 2. The van der Waals surface area contributed by atoms with Gasteiger partial charge in [0.1, 0.15) is 0 Å². The number of carbonyl (C=O) groups is 2. The van der Waals surface area contributed by atoms with Gasteiger partial charge in [0.15, 0.2) is 16.7 Å². The van der Waals surface area contributed by atoms with Gasteiger partial charge in [-0.05, 0) is 35.2 Å². The van der Waals surface area contributed by atoms with Crippen molar-refractivity contribution in [3.05, 3.63) is 53.8 Å². The zero-order chi connectivity index (χ0) is 20.3. The maximum Gasteiger partial charge on any atom is 0.257 e. The number of carbonyl (C=O) groups excluding carboxylic acids is 2. The first-order valence-corrected chi connectivity index (χ1v) is 9.75. The maximum absolute atomic E-state index is 12.3. The molecule has 28 heavy (non-hydrogen) atoms. The molecular formula is C20H22N4O3S. The highest BCUT2D eigenvalue weighted by Crippen LogP contribution is 2.23. The minimum atomic E-state index is -0.416. The molecule has 146 valence electrons. The molecule has 8 heteroatoms. The molecule has 0 bridgehead atoms. The van der Waals surface area contributed by atoms with Crippen LogP contribution in [0, 0.1) is 0 Å². The van der Waals surface area contributed by atoms with E-state index in [0.717, 1.165) is 5.56 Å². The van der Waals surface area contributed by atoms with E-state index >= 15 is 0 Å². The van der Waals surface area contributed by atoms with Gasteiger partial charge in [-0.2, -0.15) is 0 Å². The predicted octanol–water partition coefficient (Wildman–Crippen LogP) is 3.42. The molecule has 3 aromatic rings. The van der Waals surface area contributed by atoms with Crippen molar-refractivity contribution in [2.24, 2.45) is 7.05 Å². The quantitative estimate of drug-likeness (QED) is 0.663. The van der Waals surface area contributed by atoms with Crippen molar-refractivity contribution < 1.29 is 14.0 Å². The first-order valence-electron chi connectivity index (χ1n) is 8.76. The lowest BCUT2D eigenvalue weighted by molar-refractivity contribution is -0.117. The highest BCUT2D eigenvalue weighted by atomic mass is 32.2. The Bertz CT molecular complexity index is 970. The van der Waals surface area contributed by atoms with Crippen LogP contribution >= 0.6 is 11.8 Å². The average molecular weight is 398 g/mol. The number of thioether (sulfide) groups is 1. The van der Waals surface area contributed by atoms with Gasteiger partial charge in [-0.1, -0.05) is 44.7 Å². The number of nitrogens with one attached hydrogen (secondary N) is 1. The number of rotatable bonds is 5. The molecule has 0 atom stereocenters. The van der Waals surface area contributed by atoms with E-state index in [2.05, 4.69) is 36.3 Å². The molecule has 0 saturated carbocycles. The Labute approximate surface area is 167 Å². The summed E-state index contributed by atoms with van der Waals surface area (Å²) in [6.45, 7) is 6.31. The Kier molecular flexibility index (Phi) is 5.69. The Morgan fingerprint density at radius 3 is 2.46 bits per heavy atom. The van der Waals surface area contributed by atoms with Gasteiger partial charge in [0.05, 0.1) is 12.0 Å². The van der Waals surface area contributed by atoms with Gasteiger partial charge < -0.3 is 8.98 Å². The molecule has 0 fully saturated rings. The molecule has 2 amide bonds. The van der Waals surface area contributed by atoms with Gasteiger partial charge in [-0.3, -0.25) is 14.9 Å². The van der Waals surface area contributed by atoms with E-state index in [1.165, 1.54) is 11.8 Å². The van der Waals surface area contributed by atoms with Crippen LogP contribution in [0.4, 0.5) is 0 Å². The molecule has 0 spiro atoms. The maximum atomic E-state index is 12.3. The Morgan fingerprint density at radius 1 is 1.14 bits per heavy atom. The summed E-state index contributed by atoms with van der Waals surface area (Å²) in [4.78, 5) is 24.4. The van der Waals surface area contributed by atoms with E-state index in [1.54, 1.807) is 42.1 Å². The minimum absolute atomic E-state index is 0.00602. The van der Waals surface area contributed by atoms with Gasteiger partial charge in [0.2, 0.25) is 5.91 Å². The van der Waals surface area contributed by atoms with Crippen molar-refractivity contribution in [3.63, 3.8) is 0 Å². The molecule has 0 unspecified atom stereocenters. The minimum Gasteiger partial charge on any atom is -0.461 e. The highest BCUT2D eigenvalue weighted by molar-refractivity contribution is 7.99. The summed E-state index contributed by atoms with van der Waals surface area (Å²) in [7, 11) is 1.79. The van der Waals surface area contributed by atoms with E-state index in [4.69, 9.17) is 4.42 Å². The number of hydrogen-bond acceptors (Lipinski definition) is 6. The summed E-state index contributed by atoms with van der Waals surface area (Å²) in [6.07, 6.45) is 1.56. The lowest BCUT2D eigenvalue weighted by Gasteiger charge is -2.18. The van der Waals surface area contributed by atoms with E-state index in [-0.39, 0.29) is 11.2 Å². The first-order chi connectivity index (χ1) is 13.3. The van der Waals surface area contributed by atoms with Crippen molar-refractivity contribution in [1.29, 1.82) is 0 Å². The summed E-state index contributed by atoms with van der Waals surface area (Å²) >= 11 is 1.20. The smallest absolute Gasteiger partial charge is 0.257 e. The lowest BCUT2D eigenvalue weighted by atomic mass is 9.87. The summed E-state index contributed by atoms with van der Waals surface area (Å²) in [5, 5.41) is 11.1. The third-order valence-corrected chi connectivity index (χ3v) is 5.20. The fraction of sp³-hybridized carbons (Fsp3) is 0.300. The predicted molar refractivity (Wildman–Crippen MR) is 107 cm³/mol. The van der Waals surface area contributed by atoms with Crippen LogP contribution in [-0.2, 0) is 17.3 Å². The third kappa shape index (κ3) is 4.51. The normalized spacial score (nSPS) is 11.4. The summed E-state index contributed by atoms with van der Waals surface area (Å²) in [5.41, 5.74) is 1.58. The molecule has 1 aromatic carbocycles. The van der Waals surface area contributed by atoms with Crippen LogP contribution in [0.5, 0.6) is 0 Å². The Morgan fingerprint density at radius 2 is 1.86 bits per heavy atom. The van der Waals surface area contributed by atoms with Crippen molar-refractivity contribution in [3.8, 4) is 11.6 Å². The van der Waals surface area contributed by atoms with E-state index in [9.17, 15) is 9.59 Å². The van der Waals surface area contributed by atoms with Crippen LogP contribution in [0.15, 0.2) is 52.2 Å². The van der Waals surface area contributed by atoms with Crippen molar-refractivity contribution >= 4 is 23.6 Å². The topological polar surface area (TPSA) is 90.0 Å². The molecule has 0 aliphatic rings. The molecule has 0 radical (unpaired) electrons. The molecule has 0 aliphatic heterocycles. The van der Waals surface area contributed by atoms with E-state index < -0.39 is 11.8 Å². The molecule has 2 heterocycles. The van der Waals surface area contributed by atoms with Gasteiger partial charge in [0, 0.05) is 12.6 Å². The zero-order valence-corrected chi connectivity index (χ0v) is 17.0. The van der Waals surface area contributed by atoms with Crippen LogP contribution < -0.4 is 5.32 Å². The lowest BCUT2D eigenvalue weighted by Crippen LogP contribution is -2.32. The standard InChI is InChI=1S/C20H22N4O3S/c1-20(2,3)14-9-7-13(8-10-14)18(26)21-16(25)12-28-19-23-22-17(24(19)4)15-6-5-11-27-15/h5-11H,12H2,1-4H3,(H,21,25,26). The second kappa shape index (κ2) is 8.02. The molecule has 0 aliphatic carbocycles. The molecule has 0 saturated heterocycles. The highest BCUT2D eigenvalue weighted by Gasteiger charge is 2.17. The van der Waals surface area contributed by atoms with Crippen LogP contribution in [0.2, 0.25) is 0 Å². The van der Waals surface area contributed by atoms with Crippen LogP contribution in [0.25, 0.3) is 11.6 Å². The number of furan rings is 1. The second-order valence-electron chi connectivity index (χ2n) is 7.34. The third-order valence-electron chi connectivity index (χ3n) is 4.17. The van der Waals surface area contributed by atoms with E-state index in [0.29, 0.717) is 22.3 Å². The van der Waals surface area contributed by atoms with E-state index in [1.807, 2.05) is 12.1 Å². The average Bonchev–Trinajstić information content (AvgIpc) is 3.29. The molecule has 1 N–H and O–H groups in total. The molecule has 2 aromatic heterocycles. The van der Waals surface area contributed by atoms with Gasteiger partial charge >= 0.3 is 0 Å². The number of hydrogen-bond donors (Lipinski definition) is 1.